The Hall–Kier alpha value is -4.62. The fraction of sp³-hybridized carbons (Fsp3) is 0.146. The highest BCUT2D eigenvalue weighted by atomic mass is 14.9. The van der Waals surface area contributed by atoms with E-state index < -0.39 is 0 Å². The topological polar surface area (TPSA) is 3.88 Å². The van der Waals surface area contributed by atoms with Gasteiger partial charge in [0.05, 0.1) is 0 Å². The second-order valence-corrected chi connectivity index (χ2v) is 12.6. The Kier molecular flexibility index (Phi) is 7.13. The van der Waals surface area contributed by atoms with Crippen molar-refractivity contribution in [3.05, 3.63) is 149 Å². The number of benzene rings is 5. The molecule has 3 heteroatoms. The fourth-order valence-electron chi connectivity index (χ4n) is 7.85. The van der Waals surface area contributed by atoms with Crippen LogP contribution in [-0.2, 0) is 7.05 Å². The molecule has 212 valence electrons. The number of aryl methyl sites for hydroxylation is 6. The summed E-state index contributed by atoms with van der Waals surface area (Å²) in [6, 6.07) is 43.0. The van der Waals surface area contributed by atoms with Crippen LogP contribution in [-0.4, -0.2) is 13.4 Å². The maximum Gasteiger partial charge on any atom is 0.241 e. The first-order chi connectivity index (χ1) is 21.3. The maximum absolute atomic E-state index is 2.40. The van der Waals surface area contributed by atoms with Crippen molar-refractivity contribution in [1.82, 2.24) is 0 Å². The first-order valence-electron chi connectivity index (χ1n) is 15.7. The van der Waals surface area contributed by atoms with Crippen LogP contribution in [0, 0.1) is 34.6 Å². The molecule has 44 heavy (non-hydrogen) atoms. The smallest absolute Gasteiger partial charge is 0.200 e. The van der Waals surface area contributed by atoms with Gasteiger partial charge in [0, 0.05) is 17.2 Å². The minimum absolute atomic E-state index is 0.139. The summed E-state index contributed by atoms with van der Waals surface area (Å²) in [5.41, 5.74) is 20.3. The third kappa shape index (κ3) is 4.54. The number of aromatic nitrogens is 1. The molecule has 0 unspecified atom stereocenters. The monoisotopic (exact) mass is 566 g/mol. The molecule has 2 heterocycles. The lowest BCUT2D eigenvalue weighted by atomic mass is 9.20. The Morgan fingerprint density at radius 1 is 0.409 bits per heavy atom. The summed E-state index contributed by atoms with van der Waals surface area (Å²) < 4.78 is 2.30. The van der Waals surface area contributed by atoms with Crippen molar-refractivity contribution >= 4 is 46.2 Å². The lowest BCUT2D eigenvalue weighted by Gasteiger charge is -2.35. The molecule has 0 atom stereocenters. The number of fused-ring (bicyclic) bond motifs is 2. The van der Waals surface area contributed by atoms with E-state index in [4.69, 9.17) is 0 Å². The highest BCUT2D eigenvalue weighted by molar-refractivity contribution is 7.12. The number of pyridine rings is 1. The zero-order valence-corrected chi connectivity index (χ0v) is 26.6. The standard InChI is InChI=1S/C41H38B2N/c1-27-14-7-8-19-33(27)38-25-24-32(26-44(38)6)34-20-13-23-37-41(34)43(40-30(4)17-12-18-31(40)5)36-22-10-9-21-35(36)42(37)39-28(2)15-11-16-29(39)3/h7-26H,1-6H3/q+1. The molecule has 0 aliphatic carbocycles. The Bertz CT molecular complexity index is 2020. The summed E-state index contributed by atoms with van der Waals surface area (Å²) >= 11 is 0. The van der Waals surface area contributed by atoms with E-state index in [2.05, 4.69) is 168 Å². The van der Waals surface area contributed by atoms with Crippen molar-refractivity contribution in [3.8, 4) is 22.4 Å². The van der Waals surface area contributed by atoms with Crippen LogP contribution in [0.3, 0.4) is 0 Å². The van der Waals surface area contributed by atoms with E-state index in [-0.39, 0.29) is 13.4 Å². The highest BCUT2D eigenvalue weighted by Gasteiger charge is 2.41. The van der Waals surface area contributed by atoms with Crippen LogP contribution < -0.4 is 37.3 Å². The van der Waals surface area contributed by atoms with Gasteiger partial charge < -0.3 is 0 Å². The van der Waals surface area contributed by atoms with Crippen LogP contribution >= 0.6 is 0 Å². The van der Waals surface area contributed by atoms with Gasteiger partial charge >= 0.3 is 0 Å². The first-order valence-corrected chi connectivity index (χ1v) is 15.7. The lowest BCUT2D eigenvalue weighted by Crippen LogP contribution is -2.76. The van der Waals surface area contributed by atoms with Gasteiger partial charge in [0.2, 0.25) is 19.1 Å². The van der Waals surface area contributed by atoms with Crippen LogP contribution in [0.4, 0.5) is 0 Å². The fourth-order valence-corrected chi connectivity index (χ4v) is 7.85. The minimum atomic E-state index is 0.139. The molecule has 7 rings (SSSR count). The van der Waals surface area contributed by atoms with Crippen LogP contribution in [0.15, 0.2) is 121 Å². The van der Waals surface area contributed by atoms with Gasteiger partial charge in [-0.1, -0.05) is 152 Å². The molecule has 0 bridgehead atoms. The maximum atomic E-state index is 2.40. The van der Waals surface area contributed by atoms with Gasteiger partial charge in [-0.05, 0) is 57.9 Å². The molecule has 0 N–H and O–H groups in total. The Morgan fingerprint density at radius 3 is 1.50 bits per heavy atom. The van der Waals surface area contributed by atoms with Crippen molar-refractivity contribution in [3.63, 3.8) is 0 Å². The number of rotatable bonds is 4. The Balaban J connectivity index is 1.54. The number of hydrogen-bond donors (Lipinski definition) is 0. The second kappa shape index (κ2) is 11.1. The molecular weight excluding hydrogens is 528 g/mol. The average molecular weight is 566 g/mol. The van der Waals surface area contributed by atoms with Crippen LogP contribution in [0.1, 0.15) is 27.8 Å². The molecule has 6 aromatic rings. The van der Waals surface area contributed by atoms with Gasteiger partial charge in [-0.15, -0.1) is 0 Å². The van der Waals surface area contributed by atoms with Crippen molar-refractivity contribution in [2.45, 2.75) is 34.6 Å². The van der Waals surface area contributed by atoms with Crippen molar-refractivity contribution in [1.29, 1.82) is 0 Å². The minimum Gasteiger partial charge on any atom is -0.200 e. The quantitative estimate of drug-likeness (QED) is 0.214. The van der Waals surface area contributed by atoms with Gasteiger partial charge in [0.15, 0.2) is 6.20 Å². The average Bonchev–Trinajstić information content (AvgIpc) is 3.01. The van der Waals surface area contributed by atoms with E-state index in [0.29, 0.717) is 0 Å². The van der Waals surface area contributed by atoms with Crippen molar-refractivity contribution < 1.29 is 4.57 Å². The third-order valence-electron chi connectivity index (χ3n) is 9.88. The van der Waals surface area contributed by atoms with Gasteiger partial charge in [0.25, 0.3) is 0 Å². The molecule has 0 saturated heterocycles. The molecule has 5 aromatic carbocycles. The summed E-state index contributed by atoms with van der Waals surface area (Å²) in [7, 11) is 2.18. The predicted molar refractivity (Wildman–Crippen MR) is 191 cm³/mol. The van der Waals surface area contributed by atoms with Crippen LogP contribution in [0.5, 0.6) is 0 Å². The van der Waals surface area contributed by atoms with Crippen LogP contribution in [0.25, 0.3) is 22.4 Å². The summed E-state index contributed by atoms with van der Waals surface area (Å²) in [5, 5.41) is 0. The predicted octanol–water partition coefficient (Wildman–Crippen LogP) is 4.73. The molecule has 0 radical (unpaired) electrons. The number of hydrogen-bond acceptors (Lipinski definition) is 0. The molecule has 0 saturated carbocycles. The Labute approximate surface area is 263 Å². The van der Waals surface area contributed by atoms with Crippen LogP contribution in [0.2, 0.25) is 0 Å². The van der Waals surface area contributed by atoms with E-state index in [1.54, 1.807) is 0 Å². The molecule has 1 nitrogen and oxygen atoms in total. The van der Waals surface area contributed by atoms with Gasteiger partial charge in [-0.25, -0.2) is 4.57 Å². The lowest BCUT2D eigenvalue weighted by molar-refractivity contribution is -0.659. The molecule has 1 aliphatic rings. The SMILES string of the molecule is Cc1ccccc1-c1ccc(-c2cccc3c2B(c2c(C)cccc2C)c2ccccc2B3c2c(C)cccc2C)c[n+]1C. The van der Waals surface area contributed by atoms with E-state index in [1.807, 2.05) is 0 Å². The molecule has 0 fully saturated rings. The van der Waals surface area contributed by atoms with Gasteiger partial charge in [0.1, 0.15) is 7.05 Å². The molecule has 0 spiro atoms. The molecule has 1 aliphatic heterocycles. The van der Waals surface area contributed by atoms with Gasteiger partial charge in [-0.2, -0.15) is 0 Å². The Morgan fingerprint density at radius 2 is 0.886 bits per heavy atom. The number of nitrogens with zero attached hydrogens (tertiary/aromatic N) is 1. The molecular formula is C41H38B2N+. The summed E-state index contributed by atoms with van der Waals surface area (Å²) in [4.78, 5) is 0. The van der Waals surface area contributed by atoms with Gasteiger partial charge in [-0.3, -0.25) is 0 Å². The van der Waals surface area contributed by atoms with Crippen molar-refractivity contribution in [2.75, 3.05) is 0 Å². The van der Waals surface area contributed by atoms with E-state index in [1.165, 1.54) is 83.0 Å². The summed E-state index contributed by atoms with van der Waals surface area (Å²) in [6.07, 6.45) is 2.33. The largest absolute Gasteiger partial charge is 0.241 e. The normalized spacial score (nSPS) is 12.2. The van der Waals surface area contributed by atoms with E-state index >= 15 is 0 Å². The third-order valence-corrected chi connectivity index (χ3v) is 9.88. The first kappa shape index (κ1) is 28.2. The molecule has 1 aromatic heterocycles. The van der Waals surface area contributed by atoms with E-state index in [9.17, 15) is 0 Å². The molecule has 0 amide bonds. The van der Waals surface area contributed by atoms with Crippen molar-refractivity contribution in [2.24, 2.45) is 7.05 Å². The zero-order chi connectivity index (χ0) is 30.5. The summed E-state index contributed by atoms with van der Waals surface area (Å²) in [6.45, 7) is 11.6. The van der Waals surface area contributed by atoms with E-state index in [0.717, 1.165) is 0 Å². The second-order valence-electron chi connectivity index (χ2n) is 12.6. The zero-order valence-electron chi connectivity index (χ0n) is 26.6. The summed E-state index contributed by atoms with van der Waals surface area (Å²) in [5.74, 6) is 0. The highest BCUT2D eigenvalue weighted by Crippen LogP contribution is 2.24.